The summed E-state index contributed by atoms with van der Waals surface area (Å²) in [4.78, 5) is 10.5. The Morgan fingerprint density at radius 3 is 1.45 bits per heavy atom. The Morgan fingerprint density at radius 2 is 1.05 bits per heavy atom. The Hall–Kier alpha value is -0.400. The fourth-order valence-electron chi connectivity index (χ4n) is 2.86. The minimum atomic E-state index is 0.546. The number of unbranched alkanes of at least 4 members (excludes halogenated alkanes) is 10. The van der Waals surface area contributed by atoms with E-state index in [2.05, 4.69) is 19.0 Å². The van der Waals surface area contributed by atoms with Crippen LogP contribution in [0.25, 0.3) is 0 Å². The molecule has 0 bridgehead atoms. The lowest BCUT2D eigenvalue weighted by Crippen LogP contribution is -2.04. The van der Waals surface area contributed by atoms with E-state index in [4.69, 9.17) is 0 Å². The van der Waals surface area contributed by atoms with Crippen molar-refractivity contribution in [3.05, 3.63) is 4.91 Å². The lowest BCUT2D eigenvalue weighted by atomic mass is 9.94. The van der Waals surface area contributed by atoms with Crippen LogP contribution in [0, 0.1) is 10.8 Å². The first-order valence-electron chi connectivity index (χ1n) is 9.14. The molecular formula is C18H37NO. The summed E-state index contributed by atoms with van der Waals surface area (Å²) in [7, 11) is 0. The summed E-state index contributed by atoms with van der Waals surface area (Å²) in [6.07, 6.45) is 18.6. The Balaban J connectivity index is 3.47. The van der Waals surface area contributed by atoms with Gasteiger partial charge in [0.1, 0.15) is 0 Å². The second-order valence-corrected chi connectivity index (χ2v) is 6.29. The van der Waals surface area contributed by atoms with Gasteiger partial charge in [0, 0.05) is 0 Å². The molecule has 0 aliphatic carbocycles. The molecule has 0 fully saturated rings. The molecule has 0 aromatic heterocycles. The third-order valence-corrected chi connectivity index (χ3v) is 4.26. The number of hydrogen-bond acceptors (Lipinski definition) is 2. The van der Waals surface area contributed by atoms with Gasteiger partial charge in [0.2, 0.25) is 0 Å². The summed E-state index contributed by atoms with van der Waals surface area (Å²) >= 11 is 0. The van der Waals surface area contributed by atoms with E-state index in [0.717, 1.165) is 0 Å². The summed E-state index contributed by atoms with van der Waals surface area (Å²) < 4.78 is 0. The predicted molar refractivity (Wildman–Crippen MR) is 90.1 cm³/mol. The molecule has 0 rings (SSSR count). The SMILES string of the molecule is CCCCCCCCC(CCCCCCCC)CN=O. The molecule has 0 saturated carbocycles. The molecule has 0 saturated heterocycles. The van der Waals surface area contributed by atoms with Crippen LogP contribution in [0.3, 0.4) is 0 Å². The van der Waals surface area contributed by atoms with Gasteiger partial charge in [0.05, 0.1) is 6.54 Å². The lowest BCUT2D eigenvalue weighted by Gasteiger charge is -2.13. The van der Waals surface area contributed by atoms with Crippen LogP contribution in [-0.2, 0) is 0 Å². The number of nitrogens with zero attached hydrogens (tertiary/aromatic N) is 1. The Kier molecular flexibility index (Phi) is 16.3. The zero-order valence-corrected chi connectivity index (χ0v) is 14.0. The van der Waals surface area contributed by atoms with Gasteiger partial charge in [0.25, 0.3) is 0 Å². The van der Waals surface area contributed by atoms with Crippen LogP contribution in [-0.4, -0.2) is 6.54 Å². The largest absolute Gasteiger partial charge is 0.151 e. The summed E-state index contributed by atoms with van der Waals surface area (Å²) in [5.74, 6) is 0.560. The van der Waals surface area contributed by atoms with Crippen molar-refractivity contribution in [3.8, 4) is 0 Å². The van der Waals surface area contributed by atoms with Crippen LogP contribution >= 0.6 is 0 Å². The van der Waals surface area contributed by atoms with Gasteiger partial charge in [-0.1, -0.05) is 96.1 Å². The molecule has 0 aliphatic heterocycles. The van der Waals surface area contributed by atoms with Crippen LogP contribution in [0.1, 0.15) is 104 Å². The smallest absolute Gasteiger partial charge is 0.0839 e. The number of hydrogen-bond donors (Lipinski definition) is 0. The zero-order chi connectivity index (χ0) is 14.9. The van der Waals surface area contributed by atoms with Crippen LogP contribution in [0.4, 0.5) is 0 Å². The summed E-state index contributed by atoms with van der Waals surface area (Å²) in [6, 6.07) is 0. The average molecular weight is 283 g/mol. The maximum Gasteiger partial charge on any atom is 0.0839 e. The second-order valence-electron chi connectivity index (χ2n) is 6.29. The van der Waals surface area contributed by atoms with Gasteiger partial charge >= 0.3 is 0 Å². The Labute approximate surface area is 127 Å². The van der Waals surface area contributed by atoms with E-state index in [1.807, 2.05) is 0 Å². The van der Waals surface area contributed by atoms with Crippen molar-refractivity contribution in [1.82, 2.24) is 0 Å². The first-order chi connectivity index (χ1) is 9.85. The molecule has 120 valence electrons. The molecule has 0 atom stereocenters. The summed E-state index contributed by atoms with van der Waals surface area (Å²) in [5, 5.41) is 3.14. The topological polar surface area (TPSA) is 29.4 Å². The van der Waals surface area contributed by atoms with E-state index in [9.17, 15) is 4.91 Å². The first-order valence-corrected chi connectivity index (χ1v) is 9.14. The fourth-order valence-corrected chi connectivity index (χ4v) is 2.86. The minimum Gasteiger partial charge on any atom is -0.151 e. The highest BCUT2D eigenvalue weighted by molar-refractivity contribution is 4.63. The summed E-state index contributed by atoms with van der Waals surface area (Å²) in [6.45, 7) is 5.06. The van der Waals surface area contributed by atoms with Crippen LogP contribution in [0.2, 0.25) is 0 Å². The molecule has 0 heterocycles. The van der Waals surface area contributed by atoms with Gasteiger partial charge in [-0.15, -0.1) is 0 Å². The van der Waals surface area contributed by atoms with Crippen molar-refractivity contribution in [2.45, 2.75) is 104 Å². The van der Waals surface area contributed by atoms with E-state index >= 15 is 0 Å². The van der Waals surface area contributed by atoms with E-state index in [0.29, 0.717) is 12.5 Å². The molecule has 0 spiro atoms. The standard InChI is InChI=1S/C18H37NO/c1-3-5-7-9-11-13-15-18(17-19-20)16-14-12-10-8-6-4-2/h18H,3-17H2,1-2H3. The highest BCUT2D eigenvalue weighted by Gasteiger charge is 2.08. The quantitative estimate of drug-likeness (QED) is 0.224. The van der Waals surface area contributed by atoms with Crippen molar-refractivity contribution in [2.75, 3.05) is 6.54 Å². The number of rotatable bonds is 16. The van der Waals surface area contributed by atoms with E-state index in [1.54, 1.807) is 0 Å². The van der Waals surface area contributed by atoms with Crippen molar-refractivity contribution < 1.29 is 0 Å². The Morgan fingerprint density at radius 1 is 0.650 bits per heavy atom. The van der Waals surface area contributed by atoms with Gasteiger partial charge in [-0.05, 0) is 18.8 Å². The molecule has 20 heavy (non-hydrogen) atoms. The molecule has 0 unspecified atom stereocenters. The molecule has 0 radical (unpaired) electrons. The van der Waals surface area contributed by atoms with Crippen LogP contribution < -0.4 is 0 Å². The van der Waals surface area contributed by atoms with Crippen LogP contribution in [0.15, 0.2) is 5.18 Å². The fraction of sp³-hybridized carbons (Fsp3) is 1.00. The molecular weight excluding hydrogens is 246 g/mol. The van der Waals surface area contributed by atoms with Gasteiger partial charge in [-0.3, -0.25) is 0 Å². The van der Waals surface area contributed by atoms with Crippen molar-refractivity contribution in [3.63, 3.8) is 0 Å². The van der Waals surface area contributed by atoms with E-state index in [1.165, 1.54) is 89.9 Å². The summed E-state index contributed by atoms with van der Waals surface area (Å²) in [5.41, 5.74) is 0. The third-order valence-electron chi connectivity index (χ3n) is 4.26. The first kappa shape index (κ1) is 19.6. The van der Waals surface area contributed by atoms with Crippen LogP contribution in [0.5, 0.6) is 0 Å². The molecule has 0 N–H and O–H groups in total. The Bertz CT molecular complexity index is 178. The molecule has 0 amide bonds. The van der Waals surface area contributed by atoms with E-state index < -0.39 is 0 Å². The highest BCUT2D eigenvalue weighted by Crippen LogP contribution is 2.19. The minimum absolute atomic E-state index is 0.546. The number of nitroso groups, excluding NO2 is 1. The predicted octanol–water partition coefficient (Wildman–Crippen LogP) is 6.87. The second kappa shape index (κ2) is 16.7. The molecule has 2 nitrogen and oxygen atoms in total. The maximum atomic E-state index is 10.5. The molecule has 0 aliphatic rings. The van der Waals surface area contributed by atoms with Crippen molar-refractivity contribution >= 4 is 0 Å². The van der Waals surface area contributed by atoms with E-state index in [-0.39, 0.29) is 0 Å². The van der Waals surface area contributed by atoms with Crippen molar-refractivity contribution in [1.29, 1.82) is 0 Å². The zero-order valence-electron chi connectivity index (χ0n) is 14.0. The van der Waals surface area contributed by atoms with Crippen molar-refractivity contribution in [2.24, 2.45) is 11.1 Å². The monoisotopic (exact) mass is 283 g/mol. The highest BCUT2D eigenvalue weighted by atomic mass is 16.3. The molecule has 2 heteroatoms. The average Bonchev–Trinajstić information content (AvgIpc) is 2.46. The van der Waals surface area contributed by atoms with Gasteiger partial charge < -0.3 is 0 Å². The maximum absolute atomic E-state index is 10.5. The van der Waals surface area contributed by atoms with Gasteiger partial charge in [-0.2, -0.15) is 4.91 Å². The normalized spacial score (nSPS) is 11.2. The van der Waals surface area contributed by atoms with Gasteiger partial charge in [-0.25, -0.2) is 0 Å². The third kappa shape index (κ3) is 14.0. The molecule has 0 aromatic rings. The lowest BCUT2D eigenvalue weighted by molar-refractivity contribution is 0.410. The molecule has 0 aromatic carbocycles. The van der Waals surface area contributed by atoms with Gasteiger partial charge in [0.15, 0.2) is 0 Å².